The van der Waals surface area contributed by atoms with E-state index in [2.05, 4.69) is 11.4 Å². The molecule has 0 spiro atoms. The summed E-state index contributed by atoms with van der Waals surface area (Å²) in [6, 6.07) is 6.04. The van der Waals surface area contributed by atoms with E-state index in [1.165, 1.54) is 16.9 Å². The first kappa shape index (κ1) is 13.9. The molecule has 1 N–H and O–H groups in total. The first-order valence-electron chi connectivity index (χ1n) is 6.73. The van der Waals surface area contributed by atoms with Crippen molar-refractivity contribution in [2.75, 3.05) is 13.2 Å². The standard InChI is InChI=1S/C15H16ClNO2S/c1-9-4-5-11-12(7-9)20-14(13(11)16)15(18)17-8-10-3-2-6-19-10/h4-5,7,10H,2-3,6,8H2,1H3,(H,17,18)/t10-/m1/s1. The third-order valence-corrected chi connectivity index (χ3v) is 5.16. The van der Waals surface area contributed by atoms with Gasteiger partial charge in [-0.2, -0.15) is 0 Å². The van der Waals surface area contributed by atoms with Crippen molar-refractivity contribution in [1.29, 1.82) is 0 Å². The molecule has 1 aliphatic rings. The summed E-state index contributed by atoms with van der Waals surface area (Å²) in [7, 11) is 0. The maximum absolute atomic E-state index is 12.2. The number of hydrogen-bond acceptors (Lipinski definition) is 3. The molecule has 1 aromatic carbocycles. The van der Waals surface area contributed by atoms with Crippen LogP contribution < -0.4 is 5.32 Å². The molecule has 1 aromatic heterocycles. The fourth-order valence-electron chi connectivity index (χ4n) is 2.41. The molecule has 1 amide bonds. The Bertz CT molecular complexity index is 647. The van der Waals surface area contributed by atoms with E-state index in [4.69, 9.17) is 16.3 Å². The van der Waals surface area contributed by atoms with E-state index < -0.39 is 0 Å². The molecule has 0 unspecified atom stereocenters. The Morgan fingerprint density at radius 2 is 2.40 bits per heavy atom. The van der Waals surface area contributed by atoms with Gasteiger partial charge >= 0.3 is 0 Å². The second kappa shape index (κ2) is 5.72. The molecule has 1 aliphatic heterocycles. The lowest BCUT2D eigenvalue weighted by Crippen LogP contribution is -2.31. The number of amides is 1. The number of ether oxygens (including phenoxy) is 1. The van der Waals surface area contributed by atoms with Crippen molar-refractivity contribution < 1.29 is 9.53 Å². The highest BCUT2D eigenvalue weighted by molar-refractivity contribution is 7.21. The molecule has 0 saturated carbocycles. The average molecular weight is 310 g/mol. The fraction of sp³-hybridized carbons (Fsp3) is 0.400. The molecular formula is C15H16ClNO2S. The average Bonchev–Trinajstić information content (AvgIpc) is 3.04. The van der Waals surface area contributed by atoms with Gasteiger partial charge in [-0.15, -0.1) is 11.3 Å². The van der Waals surface area contributed by atoms with Gasteiger partial charge in [0.2, 0.25) is 0 Å². The largest absolute Gasteiger partial charge is 0.376 e. The number of fused-ring (bicyclic) bond motifs is 1. The van der Waals surface area contributed by atoms with Crippen LogP contribution in [0.15, 0.2) is 18.2 Å². The number of hydrogen-bond donors (Lipinski definition) is 1. The lowest BCUT2D eigenvalue weighted by Gasteiger charge is -2.09. The van der Waals surface area contributed by atoms with Gasteiger partial charge in [0.15, 0.2) is 0 Å². The Balaban J connectivity index is 1.78. The summed E-state index contributed by atoms with van der Waals surface area (Å²) in [4.78, 5) is 12.8. The minimum atomic E-state index is -0.107. The zero-order valence-electron chi connectivity index (χ0n) is 11.2. The minimum absolute atomic E-state index is 0.107. The van der Waals surface area contributed by atoms with Gasteiger partial charge in [0.25, 0.3) is 5.91 Å². The Hall–Kier alpha value is -1.10. The maximum Gasteiger partial charge on any atom is 0.263 e. The highest BCUT2D eigenvalue weighted by atomic mass is 35.5. The smallest absolute Gasteiger partial charge is 0.263 e. The highest BCUT2D eigenvalue weighted by Gasteiger charge is 2.20. The number of aryl methyl sites for hydroxylation is 1. The van der Waals surface area contributed by atoms with Crippen LogP contribution in [0.4, 0.5) is 0 Å². The van der Waals surface area contributed by atoms with Crippen LogP contribution in [0.25, 0.3) is 10.1 Å². The highest BCUT2D eigenvalue weighted by Crippen LogP contribution is 2.35. The first-order chi connectivity index (χ1) is 9.65. The van der Waals surface area contributed by atoms with Crippen molar-refractivity contribution in [2.24, 2.45) is 0 Å². The second-order valence-electron chi connectivity index (χ2n) is 5.09. The Kier molecular flexibility index (Phi) is 3.96. The molecule has 20 heavy (non-hydrogen) atoms. The zero-order valence-corrected chi connectivity index (χ0v) is 12.8. The fourth-order valence-corrected chi connectivity index (χ4v) is 3.94. The quantitative estimate of drug-likeness (QED) is 0.937. The van der Waals surface area contributed by atoms with Crippen molar-refractivity contribution in [1.82, 2.24) is 5.32 Å². The number of halogens is 1. The molecule has 106 valence electrons. The summed E-state index contributed by atoms with van der Waals surface area (Å²) < 4.78 is 6.55. The molecule has 1 fully saturated rings. The van der Waals surface area contributed by atoms with Crippen molar-refractivity contribution in [2.45, 2.75) is 25.9 Å². The van der Waals surface area contributed by atoms with Gasteiger partial charge < -0.3 is 10.1 Å². The summed E-state index contributed by atoms with van der Waals surface area (Å²) in [5, 5.41) is 4.42. The lowest BCUT2D eigenvalue weighted by atomic mass is 10.2. The van der Waals surface area contributed by atoms with Crippen molar-refractivity contribution in [3.8, 4) is 0 Å². The monoisotopic (exact) mass is 309 g/mol. The van der Waals surface area contributed by atoms with E-state index in [1.807, 2.05) is 19.1 Å². The molecule has 3 nitrogen and oxygen atoms in total. The summed E-state index contributed by atoms with van der Waals surface area (Å²) >= 11 is 7.76. The summed E-state index contributed by atoms with van der Waals surface area (Å²) in [5.74, 6) is -0.107. The van der Waals surface area contributed by atoms with Crippen molar-refractivity contribution in [3.63, 3.8) is 0 Å². The third-order valence-electron chi connectivity index (χ3n) is 3.51. The van der Waals surface area contributed by atoms with Gasteiger partial charge in [0.1, 0.15) is 4.88 Å². The molecule has 1 atom stereocenters. The van der Waals surface area contributed by atoms with E-state index in [9.17, 15) is 4.79 Å². The van der Waals surface area contributed by atoms with Gasteiger partial charge in [0, 0.05) is 23.2 Å². The van der Waals surface area contributed by atoms with E-state index in [0.29, 0.717) is 16.4 Å². The SMILES string of the molecule is Cc1ccc2c(Cl)c(C(=O)NC[C@H]3CCCO3)sc2c1. The van der Waals surface area contributed by atoms with Crippen LogP contribution in [-0.4, -0.2) is 25.2 Å². The van der Waals surface area contributed by atoms with E-state index in [-0.39, 0.29) is 12.0 Å². The van der Waals surface area contributed by atoms with Crippen LogP contribution in [-0.2, 0) is 4.74 Å². The molecule has 0 bridgehead atoms. The van der Waals surface area contributed by atoms with Crippen molar-refractivity contribution >= 4 is 38.9 Å². The zero-order chi connectivity index (χ0) is 14.1. The molecule has 1 saturated heterocycles. The summed E-state index contributed by atoms with van der Waals surface area (Å²) in [5.41, 5.74) is 1.17. The van der Waals surface area contributed by atoms with E-state index in [0.717, 1.165) is 29.5 Å². The molecule has 2 heterocycles. The Labute approximate surface area is 126 Å². The Morgan fingerprint density at radius 3 is 3.15 bits per heavy atom. The summed E-state index contributed by atoms with van der Waals surface area (Å²) in [6.45, 7) is 3.39. The molecular weight excluding hydrogens is 294 g/mol. The van der Waals surface area contributed by atoms with Gasteiger partial charge in [-0.25, -0.2) is 0 Å². The third kappa shape index (κ3) is 2.68. The number of rotatable bonds is 3. The van der Waals surface area contributed by atoms with Crippen LogP contribution >= 0.6 is 22.9 Å². The van der Waals surface area contributed by atoms with Gasteiger partial charge in [-0.05, 0) is 31.4 Å². The number of thiophene rings is 1. The predicted molar refractivity (Wildman–Crippen MR) is 82.9 cm³/mol. The van der Waals surface area contributed by atoms with E-state index in [1.54, 1.807) is 0 Å². The molecule has 3 rings (SSSR count). The number of benzene rings is 1. The topological polar surface area (TPSA) is 38.3 Å². The normalized spacial score (nSPS) is 18.6. The van der Waals surface area contributed by atoms with Crippen molar-refractivity contribution in [3.05, 3.63) is 33.7 Å². The van der Waals surface area contributed by atoms with Gasteiger partial charge in [0.05, 0.1) is 11.1 Å². The van der Waals surface area contributed by atoms with Gasteiger partial charge in [-0.1, -0.05) is 23.7 Å². The molecule has 5 heteroatoms. The first-order valence-corrected chi connectivity index (χ1v) is 7.93. The van der Waals surface area contributed by atoms with Crippen LogP contribution in [0.5, 0.6) is 0 Å². The predicted octanol–water partition coefficient (Wildman–Crippen LogP) is 3.77. The molecule has 0 radical (unpaired) electrons. The second-order valence-corrected chi connectivity index (χ2v) is 6.52. The number of carbonyl (C=O) groups is 1. The van der Waals surface area contributed by atoms with Gasteiger partial charge in [-0.3, -0.25) is 4.79 Å². The van der Waals surface area contributed by atoms with Crippen LogP contribution in [0, 0.1) is 6.92 Å². The minimum Gasteiger partial charge on any atom is -0.376 e. The maximum atomic E-state index is 12.2. The molecule has 2 aromatic rings. The van der Waals surface area contributed by atoms with Crippen LogP contribution in [0.3, 0.4) is 0 Å². The number of nitrogens with one attached hydrogen (secondary N) is 1. The van der Waals surface area contributed by atoms with E-state index >= 15 is 0 Å². The van der Waals surface area contributed by atoms with Crippen LogP contribution in [0.2, 0.25) is 5.02 Å². The van der Waals surface area contributed by atoms with Crippen LogP contribution in [0.1, 0.15) is 28.1 Å². The molecule has 0 aliphatic carbocycles. The lowest BCUT2D eigenvalue weighted by molar-refractivity contribution is 0.0861. The Morgan fingerprint density at radius 1 is 1.55 bits per heavy atom. The summed E-state index contributed by atoms with van der Waals surface area (Å²) in [6.07, 6.45) is 2.23. The number of carbonyl (C=O) groups excluding carboxylic acids is 1.